The van der Waals surface area contributed by atoms with Crippen LogP contribution in [0.5, 0.6) is 0 Å². The normalized spacial score (nSPS) is 23.6. The third kappa shape index (κ3) is 2.49. The average molecular weight is 282 g/mol. The first-order chi connectivity index (χ1) is 7.72. The van der Waals surface area contributed by atoms with Crippen LogP contribution in [-0.4, -0.2) is 17.5 Å². The van der Waals surface area contributed by atoms with Gasteiger partial charge >= 0.3 is 0 Å². The maximum absolute atomic E-state index is 3.50. The van der Waals surface area contributed by atoms with Gasteiger partial charge in [-0.3, -0.25) is 4.90 Å². The molecule has 2 heteroatoms. The highest BCUT2D eigenvalue weighted by Gasteiger charge is 2.28. The molecule has 2 atom stereocenters. The molecule has 0 aromatic heterocycles. The summed E-state index contributed by atoms with van der Waals surface area (Å²) in [7, 11) is 0. The summed E-state index contributed by atoms with van der Waals surface area (Å²) >= 11 is 3.50. The molecule has 1 aliphatic rings. The summed E-state index contributed by atoms with van der Waals surface area (Å²) in [4.78, 5) is 2.66. The van der Waals surface area contributed by atoms with Crippen molar-refractivity contribution in [3.05, 3.63) is 34.3 Å². The fourth-order valence-corrected chi connectivity index (χ4v) is 2.86. The molecule has 0 N–H and O–H groups in total. The largest absolute Gasteiger partial charge is 0.294 e. The second kappa shape index (κ2) is 5.33. The van der Waals surface area contributed by atoms with Crippen LogP contribution in [0, 0.1) is 0 Å². The minimum absolute atomic E-state index is 0.642. The summed E-state index contributed by atoms with van der Waals surface area (Å²) in [6, 6.07) is 10.2. The summed E-state index contributed by atoms with van der Waals surface area (Å²) in [5.74, 6) is 0. The molecule has 1 heterocycles. The summed E-state index contributed by atoms with van der Waals surface area (Å²) in [6.07, 6.45) is 3.89. The molecule has 1 fully saturated rings. The molecule has 0 amide bonds. The van der Waals surface area contributed by atoms with Crippen LogP contribution in [0.15, 0.2) is 28.7 Å². The van der Waals surface area contributed by atoms with Crippen molar-refractivity contribution < 1.29 is 0 Å². The molecule has 0 bridgehead atoms. The third-order valence-electron chi connectivity index (χ3n) is 3.71. The van der Waals surface area contributed by atoms with Crippen LogP contribution in [0.4, 0.5) is 0 Å². The van der Waals surface area contributed by atoms with Crippen molar-refractivity contribution in [1.29, 1.82) is 0 Å². The molecule has 16 heavy (non-hydrogen) atoms. The Balaban J connectivity index is 2.16. The monoisotopic (exact) mass is 281 g/mol. The molecule has 0 saturated carbocycles. The predicted octanol–water partition coefficient (Wildman–Crippen LogP) is 4.38. The van der Waals surface area contributed by atoms with E-state index < -0.39 is 0 Å². The van der Waals surface area contributed by atoms with Gasteiger partial charge in [-0.05, 0) is 50.4 Å². The Morgan fingerprint density at radius 2 is 2.06 bits per heavy atom. The highest BCUT2D eigenvalue weighted by molar-refractivity contribution is 9.10. The van der Waals surface area contributed by atoms with E-state index in [2.05, 4.69) is 58.9 Å². The minimum Gasteiger partial charge on any atom is -0.294 e. The van der Waals surface area contributed by atoms with Gasteiger partial charge in [0.15, 0.2) is 0 Å². The first kappa shape index (κ1) is 12.1. The van der Waals surface area contributed by atoms with Gasteiger partial charge in [0.1, 0.15) is 0 Å². The van der Waals surface area contributed by atoms with Gasteiger partial charge in [-0.25, -0.2) is 0 Å². The zero-order valence-electron chi connectivity index (χ0n) is 10.1. The standard InChI is InChI=1S/C14H20BrN/c1-3-11(2)16-10-4-5-14(16)12-6-8-13(15)9-7-12/h6-9,11,14H,3-5,10H2,1-2H3. The fraction of sp³-hybridized carbons (Fsp3) is 0.571. The first-order valence-corrected chi connectivity index (χ1v) is 7.03. The van der Waals surface area contributed by atoms with Gasteiger partial charge < -0.3 is 0 Å². The van der Waals surface area contributed by atoms with E-state index in [0.717, 1.165) is 0 Å². The molecule has 1 aromatic carbocycles. The van der Waals surface area contributed by atoms with E-state index in [1.165, 1.54) is 35.8 Å². The van der Waals surface area contributed by atoms with Crippen LogP contribution in [0.3, 0.4) is 0 Å². The molecule has 88 valence electrons. The lowest BCUT2D eigenvalue weighted by molar-refractivity contribution is 0.188. The molecule has 1 aromatic rings. The number of likely N-dealkylation sites (tertiary alicyclic amines) is 1. The fourth-order valence-electron chi connectivity index (χ4n) is 2.59. The van der Waals surface area contributed by atoms with Gasteiger partial charge in [-0.1, -0.05) is 35.0 Å². The number of hydrogen-bond acceptors (Lipinski definition) is 1. The third-order valence-corrected chi connectivity index (χ3v) is 4.23. The number of nitrogens with zero attached hydrogens (tertiary/aromatic N) is 1. The summed E-state index contributed by atoms with van der Waals surface area (Å²) in [5, 5.41) is 0. The van der Waals surface area contributed by atoms with Crippen molar-refractivity contribution in [3.8, 4) is 0 Å². The van der Waals surface area contributed by atoms with Gasteiger partial charge in [0.25, 0.3) is 0 Å². The zero-order valence-corrected chi connectivity index (χ0v) is 11.7. The highest BCUT2D eigenvalue weighted by Crippen LogP contribution is 2.34. The van der Waals surface area contributed by atoms with Gasteiger partial charge in [0.2, 0.25) is 0 Å². The van der Waals surface area contributed by atoms with Crippen LogP contribution in [0.1, 0.15) is 44.7 Å². The zero-order chi connectivity index (χ0) is 11.5. The van der Waals surface area contributed by atoms with Gasteiger partial charge in [0, 0.05) is 16.6 Å². The second-order valence-corrected chi connectivity index (χ2v) is 5.62. The summed E-state index contributed by atoms with van der Waals surface area (Å²) in [5.41, 5.74) is 1.47. The van der Waals surface area contributed by atoms with Crippen molar-refractivity contribution in [2.24, 2.45) is 0 Å². The van der Waals surface area contributed by atoms with Crippen molar-refractivity contribution in [2.75, 3.05) is 6.54 Å². The SMILES string of the molecule is CCC(C)N1CCCC1c1ccc(Br)cc1. The number of rotatable bonds is 3. The Bertz CT molecular complexity index is 333. The molecule has 0 radical (unpaired) electrons. The molecular formula is C14H20BrN. The summed E-state index contributed by atoms with van der Waals surface area (Å²) < 4.78 is 1.17. The number of halogens is 1. The second-order valence-electron chi connectivity index (χ2n) is 4.70. The van der Waals surface area contributed by atoms with Crippen LogP contribution in [-0.2, 0) is 0 Å². The molecular weight excluding hydrogens is 262 g/mol. The van der Waals surface area contributed by atoms with Crippen LogP contribution >= 0.6 is 15.9 Å². The minimum atomic E-state index is 0.642. The molecule has 1 aliphatic heterocycles. The Morgan fingerprint density at radius 1 is 1.38 bits per heavy atom. The van der Waals surface area contributed by atoms with Gasteiger partial charge in [0.05, 0.1) is 0 Å². The van der Waals surface area contributed by atoms with Gasteiger partial charge in [-0.15, -0.1) is 0 Å². The highest BCUT2D eigenvalue weighted by atomic mass is 79.9. The number of benzene rings is 1. The van der Waals surface area contributed by atoms with Crippen molar-refractivity contribution >= 4 is 15.9 Å². The lowest BCUT2D eigenvalue weighted by Crippen LogP contribution is -2.31. The lowest BCUT2D eigenvalue weighted by atomic mass is 10.0. The molecule has 1 saturated heterocycles. The first-order valence-electron chi connectivity index (χ1n) is 6.23. The van der Waals surface area contributed by atoms with E-state index in [1.54, 1.807) is 0 Å². The topological polar surface area (TPSA) is 3.24 Å². The van der Waals surface area contributed by atoms with Gasteiger partial charge in [-0.2, -0.15) is 0 Å². The Kier molecular flexibility index (Phi) is 4.04. The van der Waals surface area contributed by atoms with Crippen LogP contribution < -0.4 is 0 Å². The Hall–Kier alpha value is -0.340. The molecule has 0 aliphatic carbocycles. The predicted molar refractivity (Wildman–Crippen MR) is 72.6 cm³/mol. The lowest BCUT2D eigenvalue weighted by Gasteiger charge is -2.30. The Labute approximate surface area is 107 Å². The van der Waals surface area contributed by atoms with E-state index in [1.807, 2.05) is 0 Å². The van der Waals surface area contributed by atoms with Crippen molar-refractivity contribution in [1.82, 2.24) is 4.90 Å². The quantitative estimate of drug-likeness (QED) is 0.795. The van der Waals surface area contributed by atoms with Crippen LogP contribution in [0.25, 0.3) is 0 Å². The van der Waals surface area contributed by atoms with Crippen LogP contribution in [0.2, 0.25) is 0 Å². The van der Waals surface area contributed by atoms with Crippen molar-refractivity contribution in [3.63, 3.8) is 0 Å². The smallest absolute Gasteiger partial charge is 0.0351 e. The van der Waals surface area contributed by atoms with E-state index in [-0.39, 0.29) is 0 Å². The molecule has 2 unspecified atom stereocenters. The van der Waals surface area contributed by atoms with E-state index in [9.17, 15) is 0 Å². The maximum atomic E-state index is 3.50. The van der Waals surface area contributed by atoms with Crippen molar-refractivity contribution in [2.45, 2.75) is 45.2 Å². The van der Waals surface area contributed by atoms with E-state index in [4.69, 9.17) is 0 Å². The number of hydrogen-bond donors (Lipinski definition) is 0. The van der Waals surface area contributed by atoms with E-state index >= 15 is 0 Å². The molecule has 1 nitrogen and oxygen atoms in total. The maximum Gasteiger partial charge on any atom is 0.0351 e. The summed E-state index contributed by atoms with van der Waals surface area (Å²) in [6.45, 7) is 5.88. The average Bonchev–Trinajstić information content (AvgIpc) is 2.78. The van der Waals surface area contributed by atoms with E-state index in [0.29, 0.717) is 12.1 Å². The molecule has 2 rings (SSSR count). The Morgan fingerprint density at radius 3 is 2.69 bits per heavy atom. The molecule has 0 spiro atoms.